The van der Waals surface area contributed by atoms with Gasteiger partial charge in [0.25, 0.3) is 6.43 Å². The van der Waals surface area contributed by atoms with E-state index in [1.165, 1.54) is 6.92 Å². The molecule has 0 radical (unpaired) electrons. The second-order valence-electron chi connectivity index (χ2n) is 4.13. The van der Waals surface area contributed by atoms with Crippen LogP contribution >= 0.6 is 0 Å². The Morgan fingerprint density at radius 3 is 2.60 bits per heavy atom. The molecule has 88 valence electrons. The molecular formula is C10H18F2N2O. The van der Waals surface area contributed by atoms with Crippen LogP contribution in [0.1, 0.15) is 26.7 Å². The molecule has 2 atom stereocenters. The highest BCUT2D eigenvalue weighted by Crippen LogP contribution is 2.10. The quantitative estimate of drug-likeness (QED) is 0.756. The van der Waals surface area contributed by atoms with Crippen molar-refractivity contribution in [1.29, 1.82) is 0 Å². The Labute approximate surface area is 88.8 Å². The van der Waals surface area contributed by atoms with Crippen molar-refractivity contribution in [2.45, 2.75) is 45.2 Å². The fourth-order valence-corrected chi connectivity index (χ4v) is 1.80. The summed E-state index contributed by atoms with van der Waals surface area (Å²) in [4.78, 5) is 13.0. The minimum absolute atomic E-state index is 0.0870. The molecule has 1 saturated heterocycles. The van der Waals surface area contributed by atoms with Crippen molar-refractivity contribution in [3.05, 3.63) is 0 Å². The van der Waals surface area contributed by atoms with Crippen molar-refractivity contribution in [2.75, 3.05) is 13.1 Å². The smallest absolute Gasteiger partial charge is 0.253 e. The molecule has 0 aromatic heterocycles. The fourth-order valence-electron chi connectivity index (χ4n) is 1.80. The zero-order valence-corrected chi connectivity index (χ0v) is 9.17. The molecule has 15 heavy (non-hydrogen) atoms. The summed E-state index contributed by atoms with van der Waals surface area (Å²) in [6, 6.07) is -0.909. The van der Waals surface area contributed by atoms with E-state index in [1.807, 2.05) is 6.92 Å². The first-order valence-electron chi connectivity index (χ1n) is 5.32. The van der Waals surface area contributed by atoms with Gasteiger partial charge in [-0.3, -0.25) is 4.79 Å². The standard InChI is InChI=1S/C10H18F2N2O/c1-7(13-8(2)10(11)12)6-14-5-3-4-9(14)15/h7-8,10,13H,3-6H2,1-2H3. The highest BCUT2D eigenvalue weighted by atomic mass is 19.3. The molecule has 0 bridgehead atoms. The second kappa shape index (κ2) is 5.39. The summed E-state index contributed by atoms with van der Waals surface area (Å²) in [5.41, 5.74) is 0. The predicted molar refractivity (Wildman–Crippen MR) is 53.9 cm³/mol. The van der Waals surface area contributed by atoms with Crippen LogP contribution in [-0.2, 0) is 4.79 Å². The van der Waals surface area contributed by atoms with Gasteiger partial charge in [-0.25, -0.2) is 8.78 Å². The Morgan fingerprint density at radius 2 is 2.13 bits per heavy atom. The third-order valence-electron chi connectivity index (χ3n) is 2.59. The van der Waals surface area contributed by atoms with Crippen LogP contribution in [0.5, 0.6) is 0 Å². The number of halogens is 2. The number of carbonyl (C=O) groups excluding carboxylic acids is 1. The molecule has 1 fully saturated rings. The molecule has 1 heterocycles. The minimum Gasteiger partial charge on any atom is -0.341 e. The van der Waals surface area contributed by atoms with Crippen LogP contribution in [0, 0.1) is 0 Å². The highest BCUT2D eigenvalue weighted by Gasteiger charge is 2.23. The van der Waals surface area contributed by atoms with Crippen LogP contribution in [0.2, 0.25) is 0 Å². The lowest BCUT2D eigenvalue weighted by Crippen LogP contribution is -2.45. The summed E-state index contributed by atoms with van der Waals surface area (Å²) in [6.45, 7) is 4.56. The van der Waals surface area contributed by atoms with Crippen LogP contribution in [0.15, 0.2) is 0 Å². The van der Waals surface area contributed by atoms with Crippen molar-refractivity contribution >= 4 is 5.91 Å². The van der Waals surface area contributed by atoms with Crippen molar-refractivity contribution < 1.29 is 13.6 Å². The molecule has 1 N–H and O–H groups in total. The van der Waals surface area contributed by atoms with Gasteiger partial charge in [-0.2, -0.15) is 0 Å². The molecule has 0 spiro atoms. The average molecular weight is 220 g/mol. The predicted octanol–water partition coefficient (Wildman–Crippen LogP) is 1.24. The Morgan fingerprint density at radius 1 is 1.47 bits per heavy atom. The van der Waals surface area contributed by atoms with Gasteiger partial charge in [0, 0.05) is 25.6 Å². The number of hydrogen-bond acceptors (Lipinski definition) is 2. The van der Waals surface area contributed by atoms with Gasteiger partial charge in [0.15, 0.2) is 0 Å². The summed E-state index contributed by atoms with van der Waals surface area (Å²) in [5.74, 6) is 0.133. The summed E-state index contributed by atoms with van der Waals surface area (Å²) < 4.78 is 24.5. The molecule has 3 nitrogen and oxygen atoms in total. The third-order valence-corrected chi connectivity index (χ3v) is 2.59. The lowest BCUT2D eigenvalue weighted by molar-refractivity contribution is -0.128. The van der Waals surface area contributed by atoms with E-state index in [0.717, 1.165) is 13.0 Å². The number of nitrogens with one attached hydrogen (secondary N) is 1. The number of carbonyl (C=O) groups is 1. The third kappa shape index (κ3) is 3.74. The average Bonchev–Trinajstić information content (AvgIpc) is 2.51. The zero-order chi connectivity index (χ0) is 11.4. The van der Waals surface area contributed by atoms with Gasteiger partial charge >= 0.3 is 0 Å². The molecule has 1 aliphatic heterocycles. The topological polar surface area (TPSA) is 32.3 Å². The number of alkyl halides is 2. The van der Waals surface area contributed by atoms with Crippen LogP contribution in [0.4, 0.5) is 8.78 Å². The van der Waals surface area contributed by atoms with Crippen LogP contribution in [-0.4, -0.2) is 42.4 Å². The first-order chi connectivity index (χ1) is 7.00. The Kier molecular flexibility index (Phi) is 4.45. The number of likely N-dealkylation sites (tertiary alicyclic amines) is 1. The van der Waals surface area contributed by atoms with E-state index in [9.17, 15) is 13.6 Å². The molecule has 1 rings (SSSR count). The van der Waals surface area contributed by atoms with Gasteiger partial charge in [0.2, 0.25) is 5.91 Å². The zero-order valence-electron chi connectivity index (χ0n) is 9.17. The molecule has 2 unspecified atom stereocenters. The summed E-state index contributed by atoms with van der Waals surface area (Å²) in [5, 5.41) is 2.78. The fraction of sp³-hybridized carbons (Fsp3) is 0.900. The van der Waals surface area contributed by atoms with Crippen molar-refractivity contribution in [3.8, 4) is 0 Å². The second-order valence-corrected chi connectivity index (χ2v) is 4.13. The van der Waals surface area contributed by atoms with Gasteiger partial charge in [0.1, 0.15) is 0 Å². The van der Waals surface area contributed by atoms with Crippen molar-refractivity contribution in [2.24, 2.45) is 0 Å². The van der Waals surface area contributed by atoms with Crippen molar-refractivity contribution in [1.82, 2.24) is 10.2 Å². The maximum atomic E-state index is 12.2. The maximum absolute atomic E-state index is 12.2. The number of nitrogens with zero attached hydrogens (tertiary/aromatic N) is 1. The van der Waals surface area contributed by atoms with Gasteiger partial charge in [-0.1, -0.05) is 0 Å². The molecule has 1 amide bonds. The van der Waals surface area contributed by atoms with Crippen LogP contribution in [0.25, 0.3) is 0 Å². The van der Waals surface area contributed by atoms with E-state index >= 15 is 0 Å². The first kappa shape index (κ1) is 12.4. The van der Waals surface area contributed by atoms with Gasteiger partial charge in [-0.15, -0.1) is 0 Å². The van der Waals surface area contributed by atoms with Crippen LogP contribution in [0.3, 0.4) is 0 Å². The van der Waals surface area contributed by atoms with Gasteiger partial charge in [-0.05, 0) is 20.3 Å². The Hall–Kier alpha value is -0.710. The SMILES string of the molecule is CC(CN1CCCC1=O)NC(C)C(F)F. The lowest BCUT2D eigenvalue weighted by Gasteiger charge is -2.24. The number of rotatable bonds is 5. The number of hydrogen-bond donors (Lipinski definition) is 1. The first-order valence-corrected chi connectivity index (χ1v) is 5.32. The summed E-state index contributed by atoms with van der Waals surface area (Å²) in [6.07, 6.45) is -0.880. The molecular weight excluding hydrogens is 202 g/mol. The molecule has 0 aromatic carbocycles. The Bertz CT molecular complexity index is 223. The van der Waals surface area contributed by atoms with E-state index in [-0.39, 0.29) is 11.9 Å². The van der Waals surface area contributed by atoms with Crippen molar-refractivity contribution in [3.63, 3.8) is 0 Å². The normalized spacial score (nSPS) is 21.1. The van der Waals surface area contributed by atoms with E-state index in [2.05, 4.69) is 5.32 Å². The molecule has 0 aliphatic carbocycles. The molecule has 0 saturated carbocycles. The molecule has 5 heteroatoms. The van der Waals surface area contributed by atoms with E-state index in [0.29, 0.717) is 13.0 Å². The Balaban J connectivity index is 2.29. The maximum Gasteiger partial charge on any atom is 0.253 e. The van der Waals surface area contributed by atoms with Crippen LogP contribution < -0.4 is 5.32 Å². The largest absolute Gasteiger partial charge is 0.341 e. The summed E-state index contributed by atoms with van der Waals surface area (Å²) in [7, 11) is 0. The van der Waals surface area contributed by atoms with E-state index in [1.54, 1.807) is 4.90 Å². The monoisotopic (exact) mass is 220 g/mol. The van der Waals surface area contributed by atoms with Gasteiger partial charge < -0.3 is 10.2 Å². The van der Waals surface area contributed by atoms with Gasteiger partial charge in [0.05, 0.1) is 6.04 Å². The van der Waals surface area contributed by atoms with E-state index < -0.39 is 12.5 Å². The molecule has 1 aliphatic rings. The lowest BCUT2D eigenvalue weighted by atomic mass is 10.2. The molecule has 0 aromatic rings. The summed E-state index contributed by atoms with van der Waals surface area (Å²) >= 11 is 0. The van der Waals surface area contributed by atoms with E-state index in [4.69, 9.17) is 0 Å². The highest BCUT2D eigenvalue weighted by molar-refractivity contribution is 5.78. The minimum atomic E-state index is -2.36. The number of amides is 1.